The molecule has 0 radical (unpaired) electrons. The summed E-state index contributed by atoms with van der Waals surface area (Å²) < 4.78 is 0. The second-order valence-electron chi connectivity index (χ2n) is 5.85. The van der Waals surface area contributed by atoms with E-state index in [4.69, 9.17) is 0 Å². The van der Waals surface area contributed by atoms with Gasteiger partial charge in [0.25, 0.3) is 0 Å². The maximum absolute atomic E-state index is 12.1. The summed E-state index contributed by atoms with van der Waals surface area (Å²) in [4.78, 5) is 12.1. The van der Waals surface area contributed by atoms with E-state index in [-0.39, 0.29) is 0 Å². The minimum absolute atomic E-state index is 0.412. The maximum atomic E-state index is 12.1. The Balaban J connectivity index is 2.70. The van der Waals surface area contributed by atoms with E-state index in [1.807, 2.05) is 0 Å². The van der Waals surface area contributed by atoms with E-state index in [9.17, 15) is 15.0 Å². The summed E-state index contributed by atoms with van der Waals surface area (Å²) in [6.07, 6.45) is 8.34. The highest BCUT2D eigenvalue weighted by Crippen LogP contribution is 2.27. The van der Waals surface area contributed by atoms with Crippen LogP contribution < -0.4 is 0 Å². The van der Waals surface area contributed by atoms with E-state index in [1.54, 1.807) is 0 Å². The molecule has 2 atom stereocenters. The summed E-state index contributed by atoms with van der Waals surface area (Å²) in [5.74, 6) is -0.412. The molecule has 1 rings (SSSR count). The zero-order chi connectivity index (χ0) is 12.9. The molecule has 0 aromatic rings. The molecule has 100 valence electrons. The Kier molecular flexibility index (Phi) is 5.14. The van der Waals surface area contributed by atoms with Crippen molar-refractivity contribution in [1.29, 1.82) is 0 Å². The average Bonchev–Trinajstić information content (AvgIpc) is 2.24. The number of aliphatic hydroxyl groups is 2. The molecular weight excluding hydrogens is 216 g/mol. The van der Waals surface area contributed by atoms with Crippen molar-refractivity contribution in [3.05, 3.63) is 0 Å². The Hall–Kier alpha value is -0.410. The third-order valence-electron chi connectivity index (χ3n) is 3.81. The Morgan fingerprint density at radius 2 is 1.06 bits per heavy atom. The SMILES string of the molecule is CC1(O)CCCCCCCCCC(C)(O)C1=O. The van der Waals surface area contributed by atoms with Crippen molar-refractivity contribution >= 4 is 5.78 Å². The molecule has 2 N–H and O–H groups in total. The predicted octanol–water partition coefficient (Wildman–Crippen LogP) is 2.58. The van der Waals surface area contributed by atoms with Crippen LogP contribution in [0.3, 0.4) is 0 Å². The Morgan fingerprint density at radius 3 is 1.41 bits per heavy atom. The molecule has 0 bridgehead atoms. The van der Waals surface area contributed by atoms with Gasteiger partial charge in [0.05, 0.1) is 0 Å². The lowest BCUT2D eigenvalue weighted by atomic mass is 9.81. The number of hydrogen-bond donors (Lipinski definition) is 2. The van der Waals surface area contributed by atoms with Crippen LogP contribution in [0, 0.1) is 0 Å². The summed E-state index contributed by atoms with van der Waals surface area (Å²) >= 11 is 0. The van der Waals surface area contributed by atoms with E-state index in [0.29, 0.717) is 12.8 Å². The first-order valence-corrected chi connectivity index (χ1v) is 6.86. The topological polar surface area (TPSA) is 57.5 Å². The predicted molar refractivity (Wildman–Crippen MR) is 67.8 cm³/mol. The Labute approximate surface area is 104 Å². The fourth-order valence-electron chi connectivity index (χ4n) is 2.63. The standard InChI is InChI=1S/C14H26O3/c1-13(16)10-8-6-4-3-5-7-9-11-14(2,17)12(13)15/h16-17H,3-11H2,1-2H3. The summed E-state index contributed by atoms with van der Waals surface area (Å²) in [5.41, 5.74) is -2.74. The molecule has 0 heterocycles. The van der Waals surface area contributed by atoms with Crippen molar-refractivity contribution in [3.8, 4) is 0 Å². The third-order valence-corrected chi connectivity index (χ3v) is 3.81. The van der Waals surface area contributed by atoms with Crippen LogP contribution in [0.2, 0.25) is 0 Å². The van der Waals surface area contributed by atoms with Crippen LogP contribution in [0.5, 0.6) is 0 Å². The molecule has 2 unspecified atom stereocenters. The molecule has 1 saturated carbocycles. The molecule has 3 nitrogen and oxygen atoms in total. The molecule has 1 aliphatic rings. The van der Waals surface area contributed by atoms with E-state index in [2.05, 4.69) is 0 Å². The Morgan fingerprint density at radius 1 is 0.765 bits per heavy atom. The highest BCUT2D eigenvalue weighted by molar-refractivity contribution is 5.93. The molecule has 0 aromatic heterocycles. The van der Waals surface area contributed by atoms with Gasteiger partial charge in [-0.25, -0.2) is 0 Å². The summed E-state index contributed by atoms with van der Waals surface area (Å²) in [6.45, 7) is 3.07. The monoisotopic (exact) mass is 242 g/mol. The molecule has 0 spiro atoms. The van der Waals surface area contributed by atoms with E-state index in [0.717, 1.165) is 25.7 Å². The molecule has 1 fully saturated rings. The first-order valence-electron chi connectivity index (χ1n) is 6.86. The lowest BCUT2D eigenvalue weighted by Crippen LogP contribution is -2.49. The molecule has 17 heavy (non-hydrogen) atoms. The minimum Gasteiger partial charge on any atom is -0.382 e. The van der Waals surface area contributed by atoms with Crippen LogP contribution in [0.25, 0.3) is 0 Å². The number of carbonyl (C=O) groups excluding carboxylic acids is 1. The zero-order valence-corrected chi connectivity index (χ0v) is 11.2. The second kappa shape index (κ2) is 5.96. The lowest BCUT2D eigenvalue weighted by Gasteiger charge is -2.31. The van der Waals surface area contributed by atoms with E-state index < -0.39 is 17.0 Å². The van der Waals surface area contributed by atoms with Gasteiger partial charge in [0.1, 0.15) is 11.2 Å². The van der Waals surface area contributed by atoms with Crippen LogP contribution in [0.1, 0.15) is 71.6 Å². The molecule has 0 amide bonds. The van der Waals surface area contributed by atoms with E-state index in [1.165, 1.54) is 33.1 Å². The number of hydrogen-bond acceptors (Lipinski definition) is 3. The smallest absolute Gasteiger partial charge is 0.195 e. The van der Waals surface area contributed by atoms with Gasteiger partial charge in [-0.3, -0.25) is 4.79 Å². The van der Waals surface area contributed by atoms with Gasteiger partial charge in [-0.2, -0.15) is 0 Å². The van der Waals surface area contributed by atoms with Crippen LogP contribution in [0.4, 0.5) is 0 Å². The quantitative estimate of drug-likeness (QED) is 0.686. The molecule has 1 aliphatic carbocycles. The largest absolute Gasteiger partial charge is 0.382 e. The number of carbonyl (C=O) groups is 1. The van der Waals surface area contributed by atoms with Gasteiger partial charge in [-0.15, -0.1) is 0 Å². The van der Waals surface area contributed by atoms with Gasteiger partial charge in [-0.1, -0.05) is 44.9 Å². The van der Waals surface area contributed by atoms with Gasteiger partial charge >= 0.3 is 0 Å². The molecule has 0 aromatic carbocycles. The molecule has 3 heteroatoms. The van der Waals surface area contributed by atoms with Crippen molar-refractivity contribution in [3.63, 3.8) is 0 Å². The van der Waals surface area contributed by atoms with Crippen molar-refractivity contribution in [2.45, 2.75) is 82.8 Å². The van der Waals surface area contributed by atoms with Crippen LogP contribution in [0.15, 0.2) is 0 Å². The van der Waals surface area contributed by atoms with Gasteiger partial charge in [0.15, 0.2) is 5.78 Å². The zero-order valence-electron chi connectivity index (χ0n) is 11.2. The molecule has 0 aliphatic heterocycles. The first-order chi connectivity index (χ1) is 7.86. The first kappa shape index (κ1) is 14.7. The summed E-state index contributed by atoms with van der Waals surface area (Å²) in [7, 11) is 0. The van der Waals surface area contributed by atoms with Crippen LogP contribution in [-0.2, 0) is 4.79 Å². The normalized spacial score (nSPS) is 38.2. The summed E-state index contributed by atoms with van der Waals surface area (Å²) in [6, 6.07) is 0. The van der Waals surface area contributed by atoms with Crippen LogP contribution in [-0.4, -0.2) is 27.2 Å². The van der Waals surface area contributed by atoms with Crippen LogP contribution >= 0.6 is 0 Å². The fraction of sp³-hybridized carbons (Fsp3) is 0.929. The fourth-order valence-corrected chi connectivity index (χ4v) is 2.63. The van der Waals surface area contributed by atoms with Gasteiger partial charge in [-0.05, 0) is 26.7 Å². The van der Waals surface area contributed by atoms with Crippen molar-refractivity contribution in [2.75, 3.05) is 0 Å². The second-order valence-corrected chi connectivity index (χ2v) is 5.85. The van der Waals surface area contributed by atoms with Gasteiger partial charge in [0.2, 0.25) is 0 Å². The number of ketones is 1. The third kappa shape index (κ3) is 4.40. The van der Waals surface area contributed by atoms with Crippen molar-refractivity contribution < 1.29 is 15.0 Å². The highest BCUT2D eigenvalue weighted by Gasteiger charge is 2.41. The number of Topliss-reactive ketones (excluding diaryl/α,β-unsaturated/α-hetero) is 1. The Bertz CT molecular complexity index is 232. The summed E-state index contributed by atoms with van der Waals surface area (Å²) in [5, 5.41) is 20.3. The van der Waals surface area contributed by atoms with E-state index >= 15 is 0 Å². The molecular formula is C14H26O3. The highest BCUT2D eigenvalue weighted by atomic mass is 16.3. The van der Waals surface area contributed by atoms with Crippen molar-refractivity contribution in [2.24, 2.45) is 0 Å². The minimum atomic E-state index is -1.37. The van der Waals surface area contributed by atoms with Crippen molar-refractivity contribution in [1.82, 2.24) is 0 Å². The number of rotatable bonds is 0. The lowest BCUT2D eigenvalue weighted by molar-refractivity contribution is -0.155. The maximum Gasteiger partial charge on any atom is 0.195 e. The van der Waals surface area contributed by atoms with Gasteiger partial charge < -0.3 is 10.2 Å². The average molecular weight is 242 g/mol. The molecule has 0 saturated heterocycles. The van der Waals surface area contributed by atoms with Gasteiger partial charge in [0, 0.05) is 0 Å².